The van der Waals surface area contributed by atoms with Gasteiger partial charge in [0, 0.05) is 30.1 Å². The van der Waals surface area contributed by atoms with Crippen molar-refractivity contribution in [3.05, 3.63) is 59.2 Å². The van der Waals surface area contributed by atoms with Gasteiger partial charge in [0.1, 0.15) is 11.6 Å². The van der Waals surface area contributed by atoms with Gasteiger partial charge < -0.3 is 4.74 Å². The molecule has 3 rings (SSSR count). The average molecular weight is 339 g/mol. The molecule has 130 valence electrons. The van der Waals surface area contributed by atoms with Crippen LogP contribution in [0, 0.1) is 30.0 Å². The molecule has 4 nitrogen and oxygen atoms in total. The van der Waals surface area contributed by atoms with Crippen molar-refractivity contribution in [1.82, 2.24) is 9.88 Å². The first-order valence-electron chi connectivity index (χ1n) is 8.60. The second-order valence-corrected chi connectivity index (χ2v) is 6.59. The Morgan fingerprint density at radius 3 is 2.80 bits per heavy atom. The normalized spacial score (nSPS) is 15.7. The lowest BCUT2D eigenvalue weighted by Gasteiger charge is -2.32. The highest BCUT2D eigenvalue weighted by Gasteiger charge is 2.21. The van der Waals surface area contributed by atoms with Crippen molar-refractivity contribution in [3.8, 4) is 11.8 Å². The molecular weight excluding hydrogens is 317 g/mol. The standard InChI is InChI=1S/C20H22FN3O/c1-15-12-23-7-4-20(15)25-14-16-5-8-24(9-6-16)13-18-3-2-17(11-22)10-19(18)21/h2-4,7,10,12,16H,5-6,8-9,13-14H2,1H3. The van der Waals surface area contributed by atoms with E-state index in [1.165, 1.54) is 6.07 Å². The Balaban J connectivity index is 1.47. The van der Waals surface area contributed by atoms with E-state index in [0.717, 1.165) is 37.2 Å². The lowest BCUT2D eigenvalue weighted by atomic mass is 9.97. The number of rotatable bonds is 5. The summed E-state index contributed by atoms with van der Waals surface area (Å²) in [5.41, 5.74) is 2.07. The zero-order chi connectivity index (χ0) is 17.6. The molecule has 1 aromatic heterocycles. The smallest absolute Gasteiger partial charge is 0.129 e. The molecule has 0 saturated carbocycles. The van der Waals surface area contributed by atoms with Crippen molar-refractivity contribution in [1.29, 1.82) is 5.26 Å². The summed E-state index contributed by atoms with van der Waals surface area (Å²) in [6.07, 6.45) is 5.64. The highest BCUT2D eigenvalue weighted by molar-refractivity contribution is 5.33. The number of piperidine rings is 1. The van der Waals surface area contributed by atoms with Gasteiger partial charge in [-0.15, -0.1) is 0 Å². The largest absolute Gasteiger partial charge is 0.493 e. The maximum Gasteiger partial charge on any atom is 0.129 e. The van der Waals surface area contributed by atoms with Crippen molar-refractivity contribution >= 4 is 0 Å². The summed E-state index contributed by atoms with van der Waals surface area (Å²) in [7, 11) is 0. The van der Waals surface area contributed by atoms with Crippen LogP contribution in [-0.4, -0.2) is 29.6 Å². The summed E-state index contributed by atoms with van der Waals surface area (Å²) < 4.78 is 19.9. The summed E-state index contributed by atoms with van der Waals surface area (Å²) in [4.78, 5) is 6.33. The second-order valence-electron chi connectivity index (χ2n) is 6.59. The molecule has 1 aliphatic heterocycles. The fraction of sp³-hybridized carbons (Fsp3) is 0.400. The molecule has 1 fully saturated rings. The molecule has 0 amide bonds. The predicted molar refractivity (Wildman–Crippen MR) is 93.6 cm³/mol. The summed E-state index contributed by atoms with van der Waals surface area (Å²) in [6, 6.07) is 8.57. The van der Waals surface area contributed by atoms with E-state index in [0.29, 0.717) is 30.2 Å². The van der Waals surface area contributed by atoms with Gasteiger partial charge in [-0.25, -0.2) is 4.39 Å². The molecular formula is C20H22FN3O. The van der Waals surface area contributed by atoms with Gasteiger partial charge in [-0.3, -0.25) is 9.88 Å². The first-order valence-corrected chi connectivity index (χ1v) is 8.60. The predicted octanol–water partition coefficient (Wildman–Crippen LogP) is 3.69. The zero-order valence-electron chi connectivity index (χ0n) is 14.4. The Bertz CT molecular complexity index is 764. The average Bonchev–Trinajstić information content (AvgIpc) is 2.64. The number of halogens is 1. The number of nitrogens with zero attached hydrogens (tertiary/aromatic N) is 3. The van der Waals surface area contributed by atoms with Gasteiger partial charge in [0.25, 0.3) is 0 Å². The van der Waals surface area contributed by atoms with Crippen molar-refractivity contribution < 1.29 is 9.13 Å². The molecule has 1 aromatic carbocycles. The SMILES string of the molecule is Cc1cnccc1OCC1CCN(Cc2ccc(C#N)cc2F)CC1. The molecule has 0 radical (unpaired) electrons. The van der Waals surface area contributed by atoms with Crippen molar-refractivity contribution in [2.75, 3.05) is 19.7 Å². The topological polar surface area (TPSA) is 49.1 Å². The minimum atomic E-state index is -0.294. The Kier molecular flexibility index (Phi) is 5.62. The second kappa shape index (κ2) is 8.09. The fourth-order valence-electron chi connectivity index (χ4n) is 3.13. The van der Waals surface area contributed by atoms with Crippen LogP contribution in [0.2, 0.25) is 0 Å². The molecule has 25 heavy (non-hydrogen) atoms. The van der Waals surface area contributed by atoms with Crippen LogP contribution in [0.4, 0.5) is 4.39 Å². The highest BCUT2D eigenvalue weighted by Crippen LogP contribution is 2.23. The van der Waals surface area contributed by atoms with Gasteiger partial charge in [-0.2, -0.15) is 5.26 Å². The minimum absolute atomic E-state index is 0.294. The lowest BCUT2D eigenvalue weighted by molar-refractivity contribution is 0.135. The van der Waals surface area contributed by atoms with Crippen LogP contribution in [-0.2, 0) is 6.54 Å². The third-order valence-corrected chi connectivity index (χ3v) is 4.73. The van der Waals surface area contributed by atoms with E-state index in [1.54, 1.807) is 18.3 Å². The third-order valence-electron chi connectivity index (χ3n) is 4.73. The Morgan fingerprint density at radius 1 is 1.32 bits per heavy atom. The number of aromatic nitrogens is 1. The monoisotopic (exact) mass is 339 g/mol. The van der Waals surface area contributed by atoms with Gasteiger partial charge >= 0.3 is 0 Å². The first kappa shape index (κ1) is 17.4. The van der Waals surface area contributed by atoms with E-state index in [4.69, 9.17) is 10.00 Å². The van der Waals surface area contributed by atoms with Gasteiger partial charge in [-0.05, 0) is 57.0 Å². The van der Waals surface area contributed by atoms with Crippen molar-refractivity contribution in [3.63, 3.8) is 0 Å². The van der Waals surface area contributed by atoms with Crippen LogP contribution in [0.25, 0.3) is 0 Å². The van der Waals surface area contributed by atoms with Crippen LogP contribution in [0.3, 0.4) is 0 Å². The molecule has 1 saturated heterocycles. The molecule has 2 aromatic rings. The highest BCUT2D eigenvalue weighted by atomic mass is 19.1. The molecule has 0 aliphatic carbocycles. The van der Waals surface area contributed by atoms with Gasteiger partial charge in [0.2, 0.25) is 0 Å². The number of hydrogen-bond donors (Lipinski definition) is 0. The van der Waals surface area contributed by atoms with Crippen LogP contribution in [0.15, 0.2) is 36.7 Å². The summed E-state index contributed by atoms with van der Waals surface area (Å²) >= 11 is 0. The lowest BCUT2D eigenvalue weighted by Crippen LogP contribution is -2.35. The molecule has 0 spiro atoms. The van der Waals surface area contributed by atoms with Crippen LogP contribution in [0.5, 0.6) is 5.75 Å². The number of likely N-dealkylation sites (tertiary alicyclic amines) is 1. The molecule has 1 aliphatic rings. The van der Waals surface area contributed by atoms with Crippen LogP contribution >= 0.6 is 0 Å². The number of benzene rings is 1. The van der Waals surface area contributed by atoms with Crippen LogP contribution in [0.1, 0.15) is 29.5 Å². The number of hydrogen-bond acceptors (Lipinski definition) is 4. The number of aryl methyl sites for hydroxylation is 1. The summed E-state index contributed by atoms with van der Waals surface area (Å²) in [6.45, 7) is 5.17. The van der Waals surface area contributed by atoms with E-state index in [2.05, 4.69) is 9.88 Å². The Hall–Kier alpha value is -2.45. The Labute approximate surface area is 147 Å². The molecule has 0 N–H and O–H groups in total. The quantitative estimate of drug-likeness (QED) is 0.833. The van der Waals surface area contributed by atoms with Crippen molar-refractivity contribution in [2.45, 2.75) is 26.3 Å². The van der Waals surface area contributed by atoms with E-state index in [1.807, 2.05) is 25.3 Å². The molecule has 0 unspecified atom stereocenters. The molecule has 0 atom stereocenters. The van der Waals surface area contributed by atoms with E-state index < -0.39 is 0 Å². The summed E-state index contributed by atoms with van der Waals surface area (Å²) in [5, 5.41) is 8.81. The van der Waals surface area contributed by atoms with Gasteiger partial charge in [-0.1, -0.05) is 6.07 Å². The number of pyridine rings is 1. The molecule has 0 bridgehead atoms. The minimum Gasteiger partial charge on any atom is -0.493 e. The summed E-state index contributed by atoms with van der Waals surface area (Å²) in [5.74, 6) is 1.13. The zero-order valence-corrected chi connectivity index (χ0v) is 14.4. The van der Waals surface area contributed by atoms with Crippen LogP contribution < -0.4 is 4.74 Å². The fourth-order valence-corrected chi connectivity index (χ4v) is 3.13. The van der Waals surface area contributed by atoms with E-state index in [9.17, 15) is 4.39 Å². The third kappa shape index (κ3) is 4.55. The van der Waals surface area contributed by atoms with E-state index in [-0.39, 0.29) is 5.82 Å². The maximum absolute atomic E-state index is 14.0. The number of nitriles is 1. The first-order chi connectivity index (χ1) is 12.2. The van der Waals surface area contributed by atoms with Gasteiger partial charge in [0.15, 0.2) is 0 Å². The maximum atomic E-state index is 14.0. The molecule has 5 heteroatoms. The Morgan fingerprint density at radius 2 is 2.12 bits per heavy atom. The molecule has 2 heterocycles. The number of ether oxygens (including phenoxy) is 1. The van der Waals surface area contributed by atoms with Crippen molar-refractivity contribution in [2.24, 2.45) is 5.92 Å². The van der Waals surface area contributed by atoms with Gasteiger partial charge in [0.05, 0.1) is 18.2 Å². The van der Waals surface area contributed by atoms with E-state index >= 15 is 0 Å².